The summed E-state index contributed by atoms with van der Waals surface area (Å²) in [6.07, 6.45) is 0.610. The molecule has 6 nitrogen and oxygen atoms in total. The van der Waals surface area contributed by atoms with Gasteiger partial charge in [-0.15, -0.1) is 0 Å². The fourth-order valence-electron chi connectivity index (χ4n) is 2.48. The minimum absolute atomic E-state index is 0.193. The number of furan rings is 1. The van der Waals surface area contributed by atoms with E-state index in [4.69, 9.17) is 32.4 Å². The Morgan fingerprint density at radius 1 is 1.07 bits per heavy atom. The van der Waals surface area contributed by atoms with Gasteiger partial charge in [0.25, 0.3) is 11.8 Å². The number of amides is 2. The second-order valence-electron chi connectivity index (χ2n) is 6.29. The summed E-state index contributed by atoms with van der Waals surface area (Å²) >= 11 is 12.0. The second kappa shape index (κ2) is 9.03. The number of nitrogens with one attached hydrogen (secondary N) is 2. The summed E-state index contributed by atoms with van der Waals surface area (Å²) in [5.41, 5.74) is 1.89. The maximum absolute atomic E-state index is 12.6. The lowest BCUT2D eigenvalue weighted by molar-refractivity contribution is -0.122. The lowest BCUT2D eigenvalue weighted by Gasteiger charge is -2.17. The van der Waals surface area contributed by atoms with Crippen molar-refractivity contribution >= 4 is 46.4 Å². The monoisotopic (exact) mass is 432 g/mol. The van der Waals surface area contributed by atoms with Gasteiger partial charge in [-0.2, -0.15) is 0 Å². The van der Waals surface area contributed by atoms with Crippen molar-refractivity contribution in [2.45, 2.75) is 20.0 Å². The summed E-state index contributed by atoms with van der Waals surface area (Å²) in [5.74, 6) is -0.202. The molecule has 2 amide bonds. The van der Waals surface area contributed by atoms with Crippen LogP contribution in [0.3, 0.4) is 0 Å². The Morgan fingerprint density at radius 3 is 2.55 bits per heavy atom. The van der Waals surface area contributed by atoms with Gasteiger partial charge in [-0.25, -0.2) is 0 Å². The van der Waals surface area contributed by atoms with Gasteiger partial charge in [-0.1, -0.05) is 29.3 Å². The molecular formula is C21H18Cl2N2O4. The Kier molecular flexibility index (Phi) is 6.46. The highest BCUT2D eigenvalue weighted by Crippen LogP contribution is 2.28. The van der Waals surface area contributed by atoms with Crippen LogP contribution in [0.1, 0.15) is 23.0 Å². The Balaban J connectivity index is 1.68. The molecule has 150 valence electrons. The van der Waals surface area contributed by atoms with E-state index in [-0.39, 0.29) is 17.6 Å². The minimum Gasteiger partial charge on any atom is -0.479 e. The zero-order chi connectivity index (χ0) is 21.0. The predicted octanol–water partition coefficient (Wildman–Crippen LogP) is 5.55. The molecule has 0 aliphatic carbocycles. The molecule has 0 aliphatic heterocycles. The number of anilines is 2. The number of hydrogen-bond donors (Lipinski definition) is 2. The third-order valence-corrected chi connectivity index (χ3v) is 4.60. The number of carbonyl (C=O) groups excluding carboxylic acids is 2. The molecule has 8 heteroatoms. The van der Waals surface area contributed by atoms with E-state index in [1.54, 1.807) is 55.5 Å². The Bertz CT molecular complexity index is 1040. The van der Waals surface area contributed by atoms with Crippen LogP contribution < -0.4 is 15.4 Å². The molecule has 1 atom stereocenters. The van der Waals surface area contributed by atoms with Crippen molar-refractivity contribution < 1.29 is 18.7 Å². The highest BCUT2D eigenvalue weighted by molar-refractivity contribution is 6.35. The van der Waals surface area contributed by atoms with Crippen molar-refractivity contribution in [3.05, 3.63) is 76.2 Å². The fraction of sp³-hybridized carbons (Fsp3) is 0.143. The SMILES string of the molecule is Cc1ccc(NC(=O)c2ccco2)cc1NC(=O)[C@H](C)Oc1ccc(Cl)cc1Cl. The third-order valence-electron chi connectivity index (χ3n) is 4.07. The van der Waals surface area contributed by atoms with E-state index in [9.17, 15) is 9.59 Å². The minimum atomic E-state index is -0.811. The number of carbonyl (C=O) groups is 2. The molecule has 1 heterocycles. The van der Waals surface area contributed by atoms with Gasteiger partial charge in [-0.3, -0.25) is 9.59 Å². The standard InChI is InChI=1S/C21H18Cl2N2O4/c1-12-5-7-15(24-21(27)19-4-3-9-28-19)11-17(12)25-20(26)13(2)29-18-8-6-14(22)10-16(18)23/h3-11,13H,1-2H3,(H,24,27)(H,25,26)/t13-/m0/s1. The number of ether oxygens (including phenoxy) is 1. The summed E-state index contributed by atoms with van der Waals surface area (Å²) in [5, 5.41) is 6.31. The third kappa shape index (κ3) is 5.31. The van der Waals surface area contributed by atoms with Gasteiger partial charge < -0.3 is 19.8 Å². The predicted molar refractivity (Wildman–Crippen MR) is 113 cm³/mol. The summed E-state index contributed by atoms with van der Waals surface area (Å²) in [6, 6.07) is 13.1. The topological polar surface area (TPSA) is 80.6 Å². The van der Waals surface area contributed by atoms with Gasteiger partial charge in [0.2, 0.25) is 0 Å². The molecule has 0 saturated heterocycles. The molecule has 0 spiro atoms. The highest BCUT2D eigenvalue weighted by Gasteiger charge is 2.18. The normalized spacial score (nSPS) is 11.6. The molecule has 0 fully saturated rings. The van der Waals surface area contributed by atoms with Crippen molar-refractivity contribution in [1.29, 1.82) is 0 Å². The molecule has 1 aromatic heterocycles. The summed E-state index contributed by atoms with van der Waals surface area (Å²) in [4.78, 5) is 24.7. The van der Waals surface area contributed by atoms with Crippen LogP contribution in [0.4, 0.5) is 11.4 Å². The van der Waals surface area contributed by atoms with Crippen molar-refractivity contribution in [2.24, 2.45) is 0 Å². The van der Waals surface area contributed by atoms with Crippen molar-refractivity contribution in [1.82, 2.24) is 0 Å². The van der Waals surface area contributed by atoms with Gasteiger partial charge in [0.15, 0.2) is 11.9 Å². The van der Waals surface area contributed by atoms with E-state index in [0.29, 0.717) is 27.2 Å². The molecule has 2 aromatic carbocycles. The first kappa shape index (κ1) is 20.8. The van der Waals surface area contributed by atoms with E-state index >= 15 is 0 Å². The number of benzene rings is 2. The van der Waals surface area contributed by atoms with Gasteiger partial charge in [0.1, 0.15) is 5.75 Å². The van der Waals surface area contributed by atoms with E-state index < -0.39 is 6.10 Å². The molecule has 0 bridgehead atoms. The smallest absolute Gasteiger partial charge is 0.291 e. The molecule has 0 radical (unpaired) electrons. The number of rotatable bonds is 6. The summed E-state index contributed by atoms with van der Waals surface area (Å²) < 4.78 is 10.7. The fourth-order valence-corrected chi connectivity index (χ4v) is 2.94. The van der Waals surface area contributed by atoms with Gasteiger partial charge >= 0.3 is 0 Å². The van der Waals surface area contributed by atoms with Crippen LogP contribution in [0.15, 0.2) is 59.2 Å². The van der Waals surface area contributed by atoms with Crippen LogP contribution in [-0.2, 0) is 4.79 Å². The molecular weight excluding hydrogens is 415 g/mol. The molecule has 3 aromatic rings. The maximum atomic E-state index is 12.6. The average Bonchev–Trinajstić information content (AvgIpc) is 3.21. The van der Waals surface area contributed by atoms with Crippen molar-refractivity contribution in [3.63, 3.8) is 0 Å². The highest BCUT2D eigenvalue weighted by atomic mass is 35.5. The first-order chi connectivity index (χ1) is 13.8. The molecule has 2 N–H and O–H groups in total. The Hall–Kier alpha value is -2.96. The van der Waals surface area contributed by atoms with Crippen LogP contribution >= 0.6 is 23.2 Å². The number of halogens is 2. The number of hydrogen-bond acceptors (Lipinski definition) is 4. The summed E-state index contributed by atoms with van der Waals surface area (Å²) in [7, 11) is 0. The lowest BCUT2D eigenvalue weighted by atomic mass is 10.1. The van der Waals surface area contributed by atoms with E-state index in [2.05, 4.69) is 10.6 Å². The summed E-state index contributed by atoms with van der Waals surface area (Å²) in [6.45, 7) is 3.45. The van der Waals surface area contributed by atoms with Crippen LogP contribution in [0.2, 0.25) is 10.0 Å². The second-order valence-corrected chi connectivity index (χ2v) is 7.13. The van der Waals surface area contributed by atoms with E-state index in [0.717, 1.165) is 5.56 Å². The van der Waals surface area contributed by atoms with Crippen LogP contribution in [-0.4, -0.2) is 17.9 Å². The van der Waals surface area contributed by atoms with Crippen LogP contribution in [0.5, 0.6) is 5.75 Å². The Labute approximate surface area is 177 Å². The molecule has 0 saturated carbocycles. The Morgan fingerprint density at radius 2 is 1.86 bits per heavy atom. The molecule has 3 rings (SSSR count). The number of aryl methyl sites for hydroxylation is 1. The first-order valence-electron chi connectivity index (χ1n) is 8.71. The largest absolute Gasteiger partial charge is 0.479 e. The van der Waals surface area contributed by atoms with Gasteiger partial charge in [-0.05, 0) is 61.9 Å². The van der Waals surface area contributed by atoms with Crippen molar-refractivity contribution in [2.75, 3.05) is 10.6 Å². The quantitative estimate of drug-likeness (QED) is 0.534. The first-order valence-corrected chi connectivity index (χ1v) is 9.47. The lowest BCUT2D eigenvalue weighted by Crippen LogP contribution is -2.30. The van der Waals surface area contributed by atoms with Gasteiger partial charge in [0, 0.05) is 16.4 Å². The molecule has 29 heavy (non-hydrogen) atoms. The zero-order valence-corrected chi connectivity index (χ0v) is 17.2. The maximum Gasteiger partial charge on any atom is 0.291 e. The average molecular weight is 433 g/mol. The van der Waals surface area contributed by atoms with E-state index in [1.165, 1.54) is 6.26 Å². The zero-order valence-electron chi connectivity index (χ0n) is 15.7. The van der Waals surface area contributed by atoms with Crippen LogP contribution in [0.25, 0.3) is 0 Å². The van der Waals surface area contributed by atoms with E-state index in [1.807, 2.05) is 6.92 Å². The van der Waals surface area contributed by atoms with Gasteiger partial charge in [0.05, 0.1) is 11.3 Å². The van der Waals surface area contributed by atoms with Crippen molar-refractivity contribution in [3.8, 4) is 5.75 Å². The molecule has 0 aliphatic rings. The molecule has 0 unspecified atom stereocenters. The van der Waals surface area contributed by atoms with Crippen LogP contribution in [0, 0.1) is 6.92 Å².